The van der Waals surface area contributed by atoms with E-state index in [0.29, 0.717) is 30.9 Å². The molecule has 3 rings (SSSR count). The van der Waals surface area contributed by atoms with E-state index < -0.39 is 24.2 Å². The number of amides is 2. The van der Waals surface area contributed by atoms with Crippen LogP contribution in [0.4, 0.5) is 0 Å². The summed E-state index contributed by atoms with van der Waals surface area (Å²) in [5, 5.41) is 23.3. The van der Waals surface area contributed by atoms with Crippen LogP contribution in [0.15, 0.2) is 47.6 Å². The summed E-state index contributed by atoms with van der Waals surface area (Å²) in [6.07, 6.45) is 2.13. The van der Waals surface area contributed by atoms with E-state index in [1.807, 2.05) is 52.0 Å². The van der Waals surface area contributed by atoms with Gasteiger partial charge in [0.15, 0.2) is 0 Å². The van der Waals surface area contributed by atoms with Crippen molar-refractivity contribution in [2.45, 2.75) is 64.4 Å². The Kier molecular flexibility index (Phi) is 8.88. The van der Waals surface area contributed by atoms with Gasteiger partial charge in [-0.15, -0.1) is 0 Å². The molecule has 0 unspecified atom stereocenters. The van der Waals surface area contributed by atoms with Crippen LogP contribution < -0.4 is 10.1 Å². The number of aliphatic hydroxyl groups excluding tert-OH is 2. The highest BCUT2D eigenvalue weighted by Gasteiger charge is 2.50. The quantitative estimate of drug-likeness (QED) is 0.355. The van der Waals surface area contributed by atoms with Crippen LogP contribution in [0, 0.1) is 0 Å². The summed E-state index contributed by atoms with van der Waals surface area (Å²) in [4.78, 5) is 27.9. The molecule has 1 aliphatic heterocycles. The Morgan fingerprint density at radius 2 is 2.00 bits per heavy atom. The van der Waals surface area contributed by atoms with Crippen molar-refractivity contribution in [3.8, 4) is 5.75 Å². The fourth-order valence-corrected chi connectivity index (χ4v) is 4.48. The molecule has 1 aliphatic carbocycles. The molecular formula is C26H36N2O6. The second kappa shape index (κ2) is 11.6. The first-order valence-corrected chi connectivity index (χ1v) is 11.9. The van der Waals surface area contributed by atoms with Gasteiger partial charge in [0.05, 0.1) is 24.7 Å². The minimum atomic E-state index is -1.03. The summed E-state index contributed by atoms with van der Waals surface area (Å²) in [5.74, 6) is -0.440. The van der Waals surface area contributed by atoms with E-state index in [9.17, 15) is 19.8 Å². The minimum Gasteiger partial charge on any atom is -0.486 e. The summed E-state index contributed by atoms with van der Waals surface area (Å²) >= 11 is 0. The van der Waals surface area contributed by atoms with Gasteiger partial charge in [0.25, 0.3) is 0 Å². The van der Waals surface area contributed by atoms with Gasteiger partial charge < -0.3 is 29.9 Å². The van der Waals surface area contributed by atoms with Crippen LogP contribution in [-0.2, 0) is 14.3 Å². The van der Waals surface area contributed by atoms with E-state index >= 15 is 0 Å². The van der Waals surface area contributed by atoms with Crippen molar-refractivity contribution in [2.24, 2.45) is 0 Å². The monoisotopic (exact) mass is 472 g/mol. The molecule has 0 saturated heterocycles. The third kappa shape index (κ3) is 5.87. The standard InChI is InChI=1S/C26H36N2O6/c1-16(2)14-22(30)28(11-7-13-33-17(3)4)20-15-19(26(32)27-10-12-29)23-18-8-5-6-9-21(18)34-25(23)24(20)31/h5-6,8-9,14-15,17,20,23-25,29,31H,7,10-13H2,1-4H3,(H,27,32)/t20-,23+,24+,25+/m1/s1. The Hall–Kier alpha value is -2.68. The number of allylic oxidation sites excluding steroid dienone is 1. The van der Waals surface area contributed by atoms with Crippen LogP contribution in [0.5, 0.6) is 5.75 Å². The number of hydrogen-bond acceptors (Lipinski definition) is 6. The third-order valence-electron chi connectivity index (χ3n) is 5.93. The molecule has 1 aromatic carbocycles. The zero-order valence-electron chi connectivity index (χ0n) is 20.4. The van der Waals surface area contributed by atoms with Crippen molar-refractivity contribution in [1.29, 1.82) is 0 Å². The van der Waals surface area contributed by atoms with Gasteiger partial charge in [-0.2, -0.15) is 0 Å². The van der Waals surface area contributed by atoms with Crippen LogP contribution in [0.2, 0.25) is 0 Å². The minimum absolute atomic E-state index is 0.0788. The topological polar surface area (TPSA) is 108 Å². The average molecular weight is 473 g/mol. The molecule has 2 aliphatic rings. The van der Waals surface area contributed by atoms with Crippen molar-refractivity contribution in [1.82, 2.24) is 10.2 Å². The fourth-order valence-electron chi connectivity index (χ4n) is 4.48. The van der Waals surface area contributed by atoms with E-state index in [4.69, 9.17) is 9.47 Å². The number of fused-ring (bicyclic) bond motifs is 3. The van der Waals surface area contributed by atoms with Crippen molar-refractivity contribution in [3.05, 3.63) is 53.1 Å². The van der Waals surface area contributed by atoms with E-state index in [1.165, 1.54) is 6.08 Å². The van der Waals surface area contributed by atoms with Gasteiger partial charge >= 0.3 is 0 Å². The van der Waals surface area contributed by atoms with Crippen molar-refractivity contribution >= 4 is 11.8 Å². The SMILES string of the molecule is CC(C)=CC(=O)N(CCCOC(C)C)[C@@H]1C=C(C(=O)NCCO)[C@@H]2c3ccccc3O[C@@H]2[C@H]1O. The predicted molar refractivity (Wildman–Crippen MR) is 128 cm³/mol. The number of carbonyl (C=O) groups excluding carboxylic acids is 2. The van der Waals surface area contributed by atoms with Crippen LogP contribution in [0.1, 0.15) is 45.6 Å². The largest absolute Gasteiger partial charge is 0.486 e. The molecule has 1 heterocycles. The normalized spacial score (nSPS) is 22.9. The van der Waals surface area contributed by atoms with Gasteiger partial charge in [0.2, 0.25) is 11.8 Å². The van der Waals surface area contributed by atoms with Gasteiger partial charge in [-0.05, 0) is 46.3 Å². The zero-order chi connectivity index (χ0) is 24.8. The second-order valence-electron chi connectivity index (χ2n) is 9.21. The average Bonchev–Trinajstić information content (AvgIpc) is 3.18. The van der Waals surface area contributed by atoms with Crippen molar-refractivity contribution in [3.63, 3.8) is 0 Å². The number of rotatable bonds is 10. The Balaban J connectivity index is 1.98. The Labute approximate surface area is 201 Å². The first-order valence-electron chi connectivity index (χ1n) is 11.9. The van der Waals surface area contributed by atoms with Crippen LogP contribution in [-0.4, -0.2) is 77.6 Å². The second-order valence-corrected chi connectivity index (χ2v) is 9.21. The molecule has 0 saturated carbocycles. The number of hydrogen-bond donors (Lipinski definition) is 3. The third-order valence-corrected chi connectivity index (χ3v) is 5.93. The number of aliphatic hydroxyl groups is 2. The maximum absolute atomic E-state index is 13.2. The number of carbonyl (C=O) groups is 2. The van der Waals surface area contributed by atoms with Crippen LogP contribution >= 0.6 is 0 Å². The molecule has 8 heteroatoms. The van der Waals surface area contributed by atoms with Gasteiger partial charge in [0.1, 0.15) is 18.0 Å². The van der Waals surface area contributed by atoms with E-state index in [2.05, 4.69) is 5.32 Å². The van der Waals surface area contributed by atoms with Gasteiger partial charge in [-0.1, -0.05) is 23.8 Å². The fraction of sp³-hybridized carbons (Fsp3) is 0.538. The molecule has 1 aromatic rings. The molecule has 0 spiro atoms. The lowest BCUT2D eigenvalue weighted by Gasteiger charge is -2.40. The lowest BCUT2D eigenvalue weighted by molar-refractivity contribution is -0.132. The highest BCUT2D eigenvalue weighted by Crippen LogP contribution is 2.47. The van der Waals surface area contributed by atoms with Crippen molar-refractivity contribution in [2.75, 3.05) is 26.3 Å². The maximum Gasteiger partial charge on any atom is 0.247 e. The van der Waals surface area contributed by atoms with E-state index in [0.717, 1.165) is 11.1 Å². The maximum atomic E-state index is 13.2. The summed E-state index contributed by atoms with van der Waals surface area (Å²) in [6.45, 7) is 8.32. The molecule has 8 nitrogen and oxygen atoms in total. The van der Waals surface area contributed by atoms with E-state index in [1.54, 1.807) is 11.0 Å². The summed E-state index contributed by atoms with van der Waals surface area (Å²) < 4.78 is 11.7. The number of benzene rings is 1. The molecule has 34 heavy (non-hydrogen) atoms. The predicted octanol–water partition coefficient (Wildman–Crippen LogP) is 1.92. The van der Waals surface area contributed by atoms with Gasteiger partial charge in [-0.25, -0.2) is 0 Å². The summed E-state index contributed by atoms with van der Waals surface area (Å²) in [5.41, 5.74) is 2.08. The molecule has 0 aromatic heterocycles. The number of nitrogens with one attached hydrogen (secondary N) is 1. The van der Waals surface area contributed by atoms with Gasteiger partial charge in [0, 0.05) is 36.9 Å². The first-order chi connectivity index (χ1) is 16.2. The molecule has 4 atom stereocenters. The molecule has 0 radical (unpaired) electrons. The zero-order valence-corrected chi connectivity index (χ0v) is 20.4. The lowest BCUT2D eigenvalue weighted by Crippen LogP contribution is -2.55. The number of para-hydroxylation sites is 1. The summed E-state index contributed by atoms with van der Waals surface area (Å²) in [7, 11) is 0. The highest BCUT2D eigenvalue weighted by molar-refractivity contribution is 5.96. The Bertz CT molecular complexity index is 937. The summed E-state index contributed by atoms with van der Waals surface area (Å²) in [6, 6.07) is 6.65. The van der Waals surface area contributed by atoms with Crippen LogP contribution in [0.3, 0.4) is 0 Å². The molecule has 186 valence electrons. The number of nitrogens with zero attached hydrogens (tertiary/aromatic N) is 1. The highest BCUT2D eigenvalue weighted by atomic mass is 16.5. The first kappa shape index (κ1) is 25.9. The Morgan fingerprint density at radius 1 is 1.26 bits per heavy atom. The smallest absolute Gasteiger partial charge is 0.247 e. The molecule has 0 fully saturated rings. The van der Waals surface area contributed by atoms with Crippen LogP contribution in [0.25, 0.3) is 0 Å². The molecule has 0 bridgehead atoms. The van der Waals surface area contributed by atoms with Crippen molar-refractivity contribution < 1.29 is 29.3 Å². The van der Waals surface area contributed by atoms with E-state index in [-0.39, 0.29) is 31.1 Å². The Morgan fingerprint density at radius 3 is 2.68 bits per heavy atom. The molecule has 2 amide bonds. The molecule has 3 N–H and O–H groups in total. The van der Waals surface area contributed by atoms with Gasteiger partial charge in [-0.3, -0.25) is 9.59 Å². The number of ether oxygens (including phenoxy) is 2. The molecular weight excluding hydrogens is 436 g/mol. The lowest BCUT2D eigenvalue weighted by atomic mass is 9.77.